The summed E-state index contributed by atoms with van der Waals surface area (Å²) in [6, 6.07) is 0. The zero-order valence-corrected chi connectivity index (χ0v) is 13.1. The van der Waals surface area contributed by atoms with Gasteiger partial charge in [-0.2, -0.15) is 0 Å². The van der Waals surface area contributed by atoms with Crippen molar-refractivity contribution in [2.75, 3.05) is 19.6 Å². The van der Waals surface area contributed by atoms with Gasteiger partial charge in [0.25, 0.3) is 0 Å². The molecule has 2 rings (SSSR count). The summed E-state index contributed by atoms with van der Waals surface area (Å²) < 4.78 is 0. The van der Waals surface area contributed by atoms with Crippen LogP contribution >= 0.6 is 0 Å². The summed E-state index contributed by atoms with van der Waals surface area (Å²) in [7, 11) is 0. The average molecular weight is 267 g/mol. The third kappa shape index (κ3) is 2.47. The van der Waals surface area contributed by atoms with Crippen molar-refractivity contribution in [3.8, 4) is 0 Å². The Balaban J connectivity index is 2.06. The van der Waals surface area contributed by atoms with Crippen molar-refractivity contribution in [2.24, 2.45) is 10.4 Å². The minimum Gasteiger partial charge on any atom is -0.388 e. The zero-order valence-electron chi connectivity index (χ0n) is 13.1. The Labute approximate surface area is 117 Å². The van der Waals surface area contributed by atoms with Gasteiger partial charge in [-0.05, 0) is 40.0 Å². The number of likely N-dealkylation sites (tertiary alicyclic amines) is 1. The Bertz CT molecular complexity index is 370. The lowest BCUT2D eigenvalue weighted by atomic mass is 9.65. The summed E-state index contributed by atoms with van der Waals surface area (Å²) >= 11 is 0. The van der Waals surface area contributed by atoms with E-state index in [0.717, 1.165) is 38.3 Å². The van der Waals surface area contributed by atoms with Crippen molar-refractivity contribution in [2.45, 2.75) is 65.0 Å². The molecular formula is C15H29N3O. The van der Waals surface area contributed by atoms with Crippen molar-refractivity contribution in [1.82, 2.24) is 10.2 Å². The molecule has 0 radical (unpaired) electrons. The molecule has 2 aliphatic rings. The van der Waals surface area contributed by atoms with Crippen LogP contribution in [0.15, 0.2) is 4.99 Å². The van der Waals surface area contributed by atoms with E-state index in [4.69, 9.17) is 0 Å². The summed E-state index contributed by atoms with van der Waals surface area (Å²) in [5.41, 5.74) is -0.127. The maximum Gasteiger partial charge on any atom is 0.194 e. The van der Waals surface area contributed by atoms with Gasteiger partial charge in [0.05, 0.1) is 12.1 Å². The van der Waals surface area contributed by atoms with Crippen LogP contribution in [-0.4, -0.2) is 46.7 Å². The zero-order chi connectivity index (χ0) is 14.3. The van der Waals surface area contributed by atoms with Crippen LogP contribution in [0.5, 0.6) is 0 Å². The van der Waals surface area contributed by atoms with Crippen LogP contribution in [0.3, 0.4) is 0 Å². The van der Waals surface area contributed by atoms with E-state index in [1.54, 1.807) is 0 Å². The lowest BCUT2D eigenvalue weighted by Crippen LogP contribution is -2.72. The molecule has 0 atom stereocenters. The Morgan fingerprint density at radius 3 is 2.26 bits per heavy atom. The first-order valence-corrected chi connectivity index (χ1v) is 7.50. The largest absolute Gasteiger partial charge is 0.388 e. The highest BCUT2D eigenvalue weighted by molar-refractivity contribution is 5.82. The molecule has 0 bridgehead atoms. The van der Waals surface area contributed by atoms with Gasteiger partial charge in [0, 0.05) is 24.0 Å². The van der Waals surface area contributed by atoms with Gasteiger partial charge in [-0.1, -0.05) is 13.8 Å². The molecule has 2 N–H and O–H groups in total. The monoisotopic (exact) mass is 267 g/mol. The maximum absolute atomic E-state index is 10.2. The second kappa shape index (κ2) is 4.65. The fraction of sp³-hybridized carbons (Fsp3) is 0.933. The average Bonchev–Trinajstić information content (AvgIpc) is 2.29. The lowest BCUT2D eigenvalue weighted by molar-refractivity contribution is -0.0678. The third-order valence-electron chi connectivity index (χ3n) is 5.28. The van der Waals surface area contributed by atoms with Gasteiger partial charge in [0.2, 0.25) is 0 Å². The van der Waals surface area contributed by atoms with E-state index in [2.05, 4.69) is 49.8 Å². The maximum atomic E-state index is 10.2. The topological polar surface area (TPSA) is 47.9 Å². The van der Waals surface area contributed by atoms with Gasteiger partial charge < -0.3 is 15.3 Å². The molecule has 0 aromatic carbocycles. The molecule has 1 saturated heterocycles. The number of hydrogen-bond donors (Lipinski definition) is 2. The summed E-state index contributed by atoms with van der Waals surface area (Å²) in [4.78, 5) is 7.00. The summed E-state index contributed by atoms with van der Waals surface area (Å²) in [6.07, 6.45) is 2.92. The molecule has 0 amide bonds. The number of aliphatic imine (C=N–C) groups is 1. The van der Waals surface area contributed by atoms with Crippen molar-refractivity contribution < 1.29 is 5.11 Å². The van der Waals surface area contributed by atoms with E-state index >= 15 is 0 Å². The SMILES string of the molecule is CCNC(=NCC1(O)CCC1)N1CC(C)(C)C1(C)C. The van der Waals surface area contributed by atoms with Gasteiger partial charge in [0.1, 0.15) is 0 Å². The molecule has 0 aromatic rings. The third-order valence-corrected chi connectivity index (χ3v) is 5.28. The molecule has 0 aromatic heterocycles. The highest BCUT2D eigenvalue weighted by Crippen LogP contribution is 2.46. The number of nitrogens with one attached hydrogen (secondary N) is 1. The molecule has 19 heavy (non-hydrogen) atoms. The van der Waals surface area contributed by atoms with E-state index in [-0.39, 0.29) is 5.54 Å². The fourth-order valence-electron chi connectivity index (χ4n) is 2.76. The normalized spacial score (nSPS) is 27.5. The van der Waals surface area contributed by atoms with Gasteiger partial charge >= 0.3 is 0 Å². The van der Waals surface area contributed by atoms with E-state index in [1.165, 1.54) is 0 Å². The van der Waals surface area contributed by atoms with Crippen molar-refractivity contribution in [3.05, 3.63) is 0 Å². The predicted molar refractivity (Wildman–Crippen MR) is 79.3 cm³/mol. The van der Waals surface area contributed by atoms with Gasteiger partial charge in [0.15, 0.2) is 5.96 Å². The first-order valence-electron chi connectivity index (χ1n) is 7.50. The molecule has 0 unspecified atom stereocenters. The Hall–Kier alpha value is -0.770. The Morgan fingerprint density at radius 1 is 1.26 bits per heavy atom. The van der Waals surface area contributed by atoms with Crippen LogP contribution in [0.25, 0.3) is 0 Å². The molecule has 1 heterocycles. The predicted octanol–water partition coefficient (Wildman–Crippen LogP) is 1.99. The van der Waals surface area contributed by atoms with Gasteiger partial charge in [-0.15, -0.1) is 0 Å². The van der Waals surface area contributed by atoms with Crippen LogP contribution in [0.2, 0.25) is 0 Å². The number of aliphatic hydroxyl groups is 1. The molecule has 1 saturated carbocycles. The quantitative estimate of drug-likeness (QED) is 0.607. The molecule has 2 fully saturated rings. The van der Waals surface area contributed by atoms with E-state index < -0.39 is 5.60 Å². The van der Waals surface area contributed by atoms with E-state index in [1.807, 2.05) is 0 Å². The number of guanidine groups is 1. The summed E-state index contributed by atoms with van der Waals surface area (Å²) in [5, 5.41) is 13.5. The van der Waals surface area contributed by atoms with Crippen LogP contribution in [-0.2, 0) is 0 Å². The number of nitrogens with zero attached hydrogens (tertiary/aromatic N) is 2. The standard InChI is InChI=1S/C15H29N3O/c1-6-16-12(17-10-15(19)8-7-9-15)18-11-13(2,3)14(18,4)5/h19H,6-11H2,1-5H3,(H,16,17). The van der Waals surface area contributed by atoms with Crippen molar-refractivity contribution in [1.29, 1.82) is 0 Å². The van der Waals surface area contributed by atoms with Crippen LogP contribution in [0.1, 0.15) is 53.9 Å². The van der Waals surface area contributed by atoms with Crippen LogP contribution < -0.4 is 5.32 Å². The summed E-state index contributed by atoms with van der Waals surface area (Å²) in [6.45, 7) is 13.6. The highest BCUT2D eigenvalue weighted by atomic mass is 16.3. The number of hydrogen-bond acceptors (Lipinski definition) is 2. The molecule has 110 valence electrons. The molecule has 0 spiro atoms. The van der Waals surface area contributed by atoms with Crippen molar-refractivity contribution >= 4 is 5.96 Å². The van der Waals surface area contributed by atoms with Gasteiger partial charge in [-0.25, -0.2) is 0 Å². The fourth-order valence-corrected chi connectivity index (χ4v) is 2.76. The van der Waals surface area contributed by atoms with Crippen LogP contribution in [0.4, 0.5) is 0 Å². The first kappa shape index (κ1) is 14.6. The van der Waals surface area contributed by atoms with Crippen molar-refractivity contribution in [3.63, 3.8) is 0 Å². The highest BCUT2D eigenvalue weighted by Gasteiger charge is 2.53. The Morgan fingerprint density at radius 2 is 1.89 bits per heavy atom. The Kier molecular flexibility index (Phi) is 3.58. The molecule has 4 nitrogen and oxygen atoms in total. The van der Waals surface area contributed by atoms with Gasteiger partial charge in [-0.3, -0.25) is 4.99 Å². The number of rotatable bonds is 3. The van der Waals surface area contributed by atoms with E-state index in [0.29, 0.717) is 12.0 Å². The van der Waals surface area contributed by atoms with Crippen LogP contribution in [0, 0.1) is 5.41 Å². The first-order chi connectivity index (χ1) is 8.72. The smallest absolute Gasteiger partial charge is 0.194 e. The second-order valence-corrected chi connectivity index (χ2v) is 7.28. The second-order valence-electron chi connectivity index (χ2n) is 7.28. The molecule has 1 aliphatic heterocycles. The molecular weight excluding hydrogens is 238 g/mol. The molecule has 4 heteroatoms. The summed E-state index contributed by atoms with van der Waals surface area (Å²) in [5.74, 6) is 0.951. The van der Waals surface area contributed by atoms with E-state index in [9.17, 15) is 5.11 Å². The molecule has 1 aliphatic carbocycles. The minimum absolute atomic E-state index is 0.107. The minimum atomic E-state index is -0.537. The lowest BCUT2D eigenvalue weighted by Gasteiger charge is -2.62.